The van der Waals surface area contributed by atoms with Crippen molar-refractivity contribution >= 4 is 5.91 Å². The summed E-state index contributed by atoms with van der Waals surface area (Å²) >= 11 is 0. The Balaban J connectivity index is 1.50. The number of nitrogens with one attached hydrogen (secondary N) is 1. The molecule has 6 heteroatoms. The van der Waals surface area contributed by atoms with Crippen LogP contribution in [0.4, 0.5) is 0 Å². The number of rotatable bonds is 9. The third-order valence-corrected chi connectivity index (χ3v) is 5.18. The van der Waals surface area contributed by atoms with E-state index in [0.717, 1.165) is 38.4 Å². The van der Waals surface area contributed by atoms with Crippen LogP contribution in [0.5, 0.6) is 11.5 Å². The maximum atomic E-state index is 12.4. The molecule has 0 spiro atoms. The summed E-state index contributed by atoms with van der Waals surface area (Å²) in [6, 6.07) is 14.1. The predicted molar refractivity (Wildman–Crippen MR) is 112 cm³/mol. The van der Waals surface area contributed by atoms with Gasteiger partial charge in [-0.2, -0.15) is 0 Å². The summed E-state index contributed by atoms with van der Waals surface area (Å²) in [5.41, 5.74) is 3.47. The molecule has 1 aliphatic heterocycles. The second-order valence-corrected chi connectivity index (χ2v) is 7.12. The quantitative estimate of drug-likeness (QED) is 0.704. The van der Waals surface area contributed by atoms with Crippen LogP contribution in [0.25, 0.3) is 0 Å². The third-order valence-electron chi connectivity index (χ3n) is 5.18. The van der Waals surface area contributed by atoms with Crippen LogP contribution in [0, 0.1) is 0 Å². The van der Waals surface area contributed by atoms with Gasteiger partial charge in [-0.05, 0) is 35.2 Å². The molecule has 0 aromatic heterocycles. The number of morpholine rings is 1. The Hall–Kier alpha value is -2.57. The molecule has 1 saturated heterocycles. The molecule has 29 heavy (non-hydrogen) atoms. The van der Waals surface area contributed by atoms with Crippen molar-refractivity contribution in [2.75, 3.05) is 40.5 Å². The summed E-state index contributed by atoms with van der Waals surface area (Å²) in [6.45, 7) is 4.91. The minimum atomic E-state index is 0.0426. The standard InChI is InChI=1S/C23H30N2O4/c1-27-21-9-7-18(15-22(21)28-2)8-10-23(26)24-16-19-5-3-4-6-20(19)17-25-11-13-29-14-12-25/h3-7,9,15H,8,10-14,16-17H2,1-2H3,(H,24,26). The summed E-state index contributed by atoms with van der Waals surface area (Å²) in [7, 11) is 3.23. The van der Waals surface area contributed by atoms with Crippen LogP contribution in [0.2, 0.25) is 0 Å². The van der Waals surface area contributed by atoms with Crippen molar-refractivity contribution in [3.63, 3.8) is 0 Å². The first-order valence-corrected chi connectivity index (χ1v) is 10.0. The minimum absolute atomic E-state index is 0.0426. The second-order valence-electron chi connectivity index (χ2n) is 7.12. The number of hydrogen-bond donors (Lipinski definition) is 1. The smallest absolute Gasteiger partial charge is 0.220 e. The van der Waals surface area contributed by atoms with Gasteiger partial charge >= 0.3 is 0 Å². The first-order chi connectivity index (χ1) is 14.2. The van der Waals surface area contributed by atoms with Crippen molar-refractivity contribution in [1.29, 1.82) is 0 Å². The number of ether oxygens (including phenoxy) is 3. The number of amides is 1. The molecule has 1 amide bonds. The van der Waals surface area contributed by atoms with Crippen LogP contribution < -0.4 is 14.8 Å². The SMILES string of the molecule is COc1ccc(CCC(=O)NCc2ccccc2CN2CCOCC2)cc1OC. The number of methoxy groups -OCH3 is 2. The summed E-state index contributed by atoms with van der Waals surface area (Å²) in [6.07, 6.45) is 1.09. The van der Waals surface area contributed by atoms with Crippen molar-refractivity contribution in [1.82, 2.24) is 10.2 Å². The Morgan fingerprint density at radius 3 is 2.48 bits per heavy atom. The largest absolute Gasteiger partial charge is 0.493 e. The first kappa shape index (κ1) is 21.1. The fourth-order valence-corrected chi connectivity index (χ4v) is 3.46. The van der Waals surface area contributed by atoms with Gasteiger partial charge in [-0.1, -0.05) is 30.3 Å². The maximum absolute atomic E-state index is 12.4. The highest BCUT2D eigenvalue weighted by atomic mass is 16.5. The number of carbonyl (C=O) groups is 1. The molecule has 0 aliphatic carbocycles. The zero-order chi connectivity index (χ0) is 20.5. The van der Waals surface area contributed by atoms with E-state index in [1.165, 1.54) is 11.1 Å². The highest BCUT2D eigenvalue weighted by molar-refractivity contribution is 5.76. The van der Waals surface area contributed by atoms with Crippen LogP contribution in [0.1, 0.15) is 23.1 Å². The fraction of sp³-hybridized carbons (Fsp3) is 0.435. The highest BCUT2D eigenvalue weighted by Gasteiger charge is 2.13. The molecule has 0 radical (unpaired) electrons. The summed E-state index contributed by atoms with van der Waals surface area (Å²) < 4.78 is 16.0. The molecular formula is C23H30N2O4. The monoisotopic (exact) mass is 398 g/mol. The van der Waals surface area contributed by atoms with Gasteiger partial charge in [-0.15, -0.1) is 0 Å². The zero-order valence-electron chi connectivity index (χ0n) is 17.3. The molecule has 6 nitrogen and oxygen atoms in total. The Bertz CT molecular complexity index is 803. The Morgan fingerprint density at radius 1 is 1.03 bits per heavy atom. The topological polar surface area (TPSA) is 60.0 Å². The highest BCUT2D eigenvalue weighted by Crippen LogP contribution is 2.27. The number of aryl methyl sites for hydroxylation is 1. The lowest BCUT2D eigenvalue weighted by Gasteiger charge is -2.27. The van der Waals surface area contributed by atoms with E-state index < -0.39 is 0 Å². The van der Waals surface area contributed by atoms with E-state index in [-0.39, 0.29) is 5.91 Å². The average Bonchev–Trinajstić information content (AvgIpc) is 2.77. The lowest BCUT2D eigenvalue weighted by Crippen LogP contribution is -2.36. The van der Waals surface area contributed by atoms with Gasteiger partial charge in [0.1, 0.15) is 0 Å². The Labute approximate surface area is 172 Å². The summed E-state index contributed by atoms with van der Waals surface area (Å²) in [5.74, 6) is 1.42. The number of benzene rings is 2. The molecular weight excluding hydrogens is 368 g/mol. The van der Waals surface area contributed by atoms with E-state index in [2.05, 4.69) is 28.4 Å². The molecule has 0 saturated carbocycles. The van der Waals surface area contributed by atoms with Gasteiger partial charge in [-0.25, -0.2) is 0 Å². The van der Waals surface area contributed by atoms with Gasteiger partial charge in [0.05, 0.1) is 27.4 Å². The van der Waals surface area contributed by atoms with Crippen molar-refractivity contribution in [2.45, 2.75) is 25.9 Å². The molecule has 1 aliphatic rings. The van der Waals surface area contributed by atoms with Gasteiger partial charge in [0.15, 0.2) is 11.5 Å². The Kier molecular flexibility index (Phi) is 7.90. The molecule has 2 aromatic carbocycles. The number of hydrogen-bond acceptors (Lipinski definition) is 5. The molecule has 0 atom stereocenters. The van der Waals surface area contributed by atoms with E-state index >= 15 is 0 Å². The van der Waals surface area contributed by atoms with E-state index in [4.69, 9.17) is 14.2 Å². The fourth-order valence-electron chi connectivity index (χ4n) is 3.46. The molecule has 0 unspecified atom stereocenters. The van der Waals surface area contributed by atoms with Crippen molar-refractivity contribution in [3.8, 4) is 11.5 Å². The zero-order valence-corrected chi connectivity index (χ0v) is 17.3. The summed E-state index contributed by atoms with van der Waals surface area (Å²) in [4.78, 5) is 14.8. The van der Waals surface area contributed by atoms with Gasteiger partial charge in [0, 0.05) is 32.6 Å². The lowest BCUT2D eigenvalue weighted by molar-refractivity contribution is -0.121. The van der Waals surface area contributed by atoms with Gasteiger partial charge in [0.25, 0.3) is 0 Å². The molecule has 0 bridgehead atoms. The van der Waals surface area contributed by atoms with E-state index in [9.17, 15) is 4.79 Å². The summed E-state index contributed by atoms with van der Waals surface area (Å²) in [5, 5.41) is 3.06. The van der Waals surface area contributed by atoms with Crippen LogP contribution in [-0.4, -0.2) is 51.3 Å². The van der Waals surface area contributed by atoms with Crippen LogP contribution >= 0.6 is 0 Å². The van der Waals surface area contributed by atoms with Crippen LogP contribution in [-0.2, 0) is 29.0 Å². The third kappa shape index (κ3) is 6.21. The average molecular weight is 399 g/mol. The maximum Gasteiger partial charge on any atom is 0.220 e. The molecule has 2 aromatic rings. The predicted octanol–water partition coefficient (Wildman–Crippen LogP) is 2.79. The van der Waals surface area contributed by atoms with Crippen molar-refractivity contribution < 1.29 is 19.0 Å². The van der Waals surface area contributed by atoms with Crippen molar-refractivity contribution in [2.24, 2.45) is 0 Å². The minimum Gasteiger partial charge on any atom is -0.493 e. The number of nitrogens with zero attached hydrogens (tertiary/aromatic N) is 1. The van der Waals surface area contributed by atoms with Crippen LogP contribution in [0.15, 0.2) is 42.5 Å². The van der Waals surface area contributed by atoms with Gasteiger partial charge in [0.2, 0.25) is 5.91 Å². The lowest BCUT2D eigenvalue weighted by atomic mass is 10.1. The first-order valence-electron chi connectivity index (χ1n) is 10.0. The van der Waals surface area contributed by atoms with Crippen molar-refractivity contribution in [3.05, 3.63) is 59.2 Å². The van der Waals surface area contributed by atoms with E-state index in [0.29, 0.717) is 30.9 Å². The normalized spacial score (nSPS) is 14.4. The van der Waals surface area contributed by atoms with E-state index in [1.54, 1.807) is 14.2 Å². The van der Waals surface area contributed by atoms with Gasteiger partial charge < -0.3 is 19.5 Å². The molecule has 3 rings (SSSR count). The molecule has 1 N–H and O–H groups in total. The Morgan fingerprint density at radius 2 is 1.76 bits per heavy atom. The van der Waals surface area contributed by atoms with Gasteiger partial charge in [-0.3, -0.25) is 9.69 Å². The number of carbonyl (C=O) groups excluding carboxylic acids is 1. The molecule has 156 valence electrons. The molecule has 1 heterocycles. The van der Waals surface area contributed by atoms with E-state index in [1.807, 2.05) is 24.3 Å². The molecule has 1 fully saturated rings. The second kappa shape index (κ2) is 10.8. The van der Waals surface area contributed by atoms with Crippen LogP contribution in [0.3, 0.4) is 0 Å².